The molecule has 8 nitrogen and oxygen atoms in total. The Hall–Kier alpha value is -3.42. The van der Waals surface area contributed by atoms with Crippen molar-refractivity contribution >= 4 is 58.1 Å². The maximum absolute atomic E-state index is 14.3. The number of ether oxygens (including phenoxy) is 1. The van der Waals surface area contributed by atoms with Crippen LogP contribution in [0.3, 0.4) is 0 Å². The van der Waals surface area contributed by atoms with Crippen LogP contribution >= 0.6 is 34.5 Å². The number of likely N-dealkylation sites (tertiary alicyclic amines) is 1. The number of amides is 3. The monoisotopic (exact) mass is 568 g/mol. The van der Waals surface area contributed by atoms with E-state index in [0.717, 1.165) is 15.3 Å². The Labute approximate surface area is 233 Å². The molecule has 1 spiro atoms. The molecule has 2 aromatic carbocycles. The summed E-state index contributed by atoms with van der Waals surface area (Å²) in [7, 11) is 2.97. The lowest BCUT2D eigenvalue weighted by Gasteiger charge is -2.34. The number of rotatable bonds is 5. The van der Waals surface area contributed by atoms with Crippen LogP contribution in [0, 0.1) is 11.3 Å². The fourth-order valence-corrected chi connectivity index (χ4v) is 6.73. The zero-order chi connectivity index (χ0) is 27.2. The predicted octanol–water partition coefficient (Wildman–Crippen LogP) is 5.15. The van der Waals surface area contributed by atoms with Crippen LogP contribution in [0.4, 0.5) is 10.5 Å². The summed E-state index contributed by atoms with van der Waals surface area (Å²) in [6, 6.07) is 15.1. The van der Waals surface area contributed by atoms with Crippen LogP contribution in [0.5, 0.6) is 0 Å². The molecule has 3 amide bonds. The van der Waals surface area contributed by atoms with E-state index >= 15 is 0 Å². The number of halogens is 2. The van der Waals surface area contributed by atoms with Gasteiger partial charge < -0.3 is 9.64 Å². The SMILES string of the molecule is COC(=O)c1csc(CN2C[C@@H](c3ccc(C#N)cc3)C3(C2)C(=O)N(c2cc(Cl)cc(Cl)c2)C(=O)N3C)c1. The van der Waals surface area contributed by atoms with Gasteiger partial charge in [-0.1, -0.05) is 35.3 Å². The summed E-state index contributed by atoms with van der Waals surface area (Å²) >= 11 is 13.8. The Kier molecular flexibility index (Phi) is 6.92. The number of hydrogen-bond acceptors (Lipinski definition) is 7. The van der Waals surface area contributed by atoms with Gasteiger partial charge in [-0.15, -0.1) is 11.3 Å². The molecule has 194 valence electrons. The van der Waals surface area contributed by atoms with Crippen molar-refractivity contribution in [3.8, 4) is 6.07 Å². The average Bonchev–Trinajstić information content (AvgIpc) is 3.57. The minimum absolute atomic E-state index is 0.273. The molecule has 11 heteroatoms. The Bertz CT molecular complexity index is 1460. The van der Waals surface area contributed by atoms with Crippen molar-refractivity contribution in [3.63, 3.8) is 0 Å². The number of esters is 1. The summed E-state index contributed by atoms with van der Waals surface area (Å²) in [5, 5.41) is 11.6. The standard InChI is InChI=1S/C27H22Cl2N4O4S/c1-31-26(36)33(21-9-19(28)8-20(29)10-21)25(35)27(31)15-32(12-22-7-18(14-38-22)24(34)37-2)13-23(27)17-5-3-16(11-30)4-6-17/h3-10,14,23H,12-13,15H2,1-2H3/t23-,27?/m0/s1. The van der Waals surface area contributed by atoms with Crippen LogP contribution in [0.2, 0.25) is 10.0 Å². The Morgan fingerprint density at radius 2 is 1.84 bits per heavy atom. The van der Waals surface area contributed by atoms with Gasteiger partial charge in [-0.2, -0.15) is 5.26 Å². The van der Waals surface area contributed by atoms with Crippen LogP contribution in [-0.4, -0.2) is 60.5 Å². The normalized spacial score (nSPS) is 21.4. The van der Waals surface area contributed by atoms with Crippen molar-refractivity contribution in [2.24, 2.45) is 0 Å². The van der Waals surface area contributed by atoms with Crippen molar-refractivity contribution in [1.29, 1.82) is 5.26 Å². The minimum Gasteiger partial charge on any atom is -0.465 e. The molecule has 3 heterocycles. The molecule has 0 saturated carbocycles. The van der Waals surface area contributed by atoms with Gasteiger partial charge in [0.1, 0.15) is 5.54 Å². The van der Waals surface area contributed by atoms with Gasteiger partial charge in [0, 0.05) is 52.9 Å². The molecule has 1 unspecified atom stereocenters. The second-order valence-corrected chi connectivity index (χ2v) is 11.2. The lowest BCUT2D eigenvalue weighted by molar-refractivity contribution is -0.124. The van der Waals surface area contributed by atoms with Gasteiger partial charge in [0.05, 0.1) is 30.0 Å². The summed E-state index contributed by atoms with van der Waals surface area (Å²) in [6.45, 7) is 1.23. The molecule has 2 saturated heterocycles. The number of imide groups is 1. The molecule has 2 aliphatic rings. The first-order valence-corrected chi connectivity index (χ1v) is 13.3. The first-order chi connectivity index (χ1) is 18.2. The van der Waals surface area contributed by atoms with E-state index in [1.165, 1.54) is 29.4 Å². The number of thiophene rings is 1. The Balaban J connectivity index is 1.55. The maximum Gasteiger partial charge on any atom is 0.338 e. The van der Waals surface area contributed by atoms with E-state index in [2.05, 4.69) is 11.0 Å². The number of carbonyl (C=O) groups is 3. The van der Waals surface area contributed by atoms with Gasteiger partial charge in [-0.3, -0.25) is 9.69 Å². The van der Waals surface area contributed by atoms with E-state index in [1.54, 1.807) is 42.8 Å². The fourth-order valence-electron chi connectivity index (χ4n) is 5.32. The Morgan fingerprint density at radius 1 is 1.16 bits per heavy atom. The predicted molar refractivity (Wildman–Crippen MR) is 145 cm³/mol. The van der Waals surface area contributed by atoms with E-state index in [1.807, 2.05) is 12.1 Å². The van der Waals surface area contributed by atoms with Crippen LogP contribution < -0.4 is 4.90 Å². The lowest BCUT2D eigenvalue weighted by atomic mass is 9.80. The number of nitriles is 1. The topological polar surface area (TPSA) is 94.0 Å². The molecule has 0 aliphatic carbocycles. The molecule has 1 aromatic heterocycles. The highest BCUT2D eigenvalue weighted by atomic mass is 35.5. The quantitative estimate of drug-likeness (QED) is 0.312. The number of methoxy groups -OCH3 is 1. The molecule has 2 atom stereocenters. The molecule has 0 N–H and O–H groups in total. The molecular weight excluding hydrogens is 547 g/mol. The molecule has 2 aliphatic heterocycles. The number of anilines is 1. The van der Waals surface area contributed by atoms with E-state index < -0.39 is 17.5 Å². The van der Waals surface area contributed by atoms with Gasteiger partial charge in [-0.25, -0.2) is 14.5 Å². The van der Waals surface area contributed by atoms with Crippen molar-refractivity contribution < 1.29 is 19.1 Å². The van der Waals surface area contributed by atoms with Gasteiger partial charge in [0.15, 0.2) is 0 Å². The van der Waals surface area contributed by atoms with E-state index in [0.29, 0.717) is 39.9 Å². The fraction of sp³-hybridized carbons (Fsp3) is 0.259. The third-order valence-electron chi connectivity index (χ3n) is 7.13. The molecule has 0 bridgehead atoms. The van der Waals surface area contributed by atoms with Crippen LogP contribution in [-0.2, 0) is 16.1 Å². The Morgan fingerprint density at radius 3 is 2.47 bits per heavy atom. The van der Waals surface area contributed by atoms with Gasteiger partial charge in [0.2, 0.25) is 0 Å². The number of nitrogens with zero attached hydrogens (tertiary/aromatic N) is 4. The number of carbonyl (C=O) groups excluding carboxylic acids is 3. The summed E-state index contributed by atoms with van der Waals surface area (Å²) in [5.74, 6) is -1.16. The smallest absolute Gasteiger partial charge is 0.338 e. The van der Waals surface area contributed by atoms with Gasteiger partial charge in [0.25, 0.3) is 5.91 Å². The van der Waals surface area contributed by atoms with Crippen LogP contribution in [0.1, 0.15) is 32.3 Å². The summed E-state index contributed by atoms with van der Waals surface area (Å²) in [6.07, 6.45) is 0. The third kappa shape index (κ3) is 4.33. The molecule has 38 heavy (non-hydrogen) atoms. The average molecular weight is 569 g/mol. The number of benzene rings is 2. The lowest BCUT2D eigenvalue weighted by Crippen LogP contribution is -2.53. The van der Waals surface area contributed by atoms with Crippen LogP contribution in [0.25, 0.3) is 0 Å². The molecule has 0 radical (unpaired) electrons. The van der Waals surface area contributed by atoms with Crippen LogP contribution in [0.15, 0.2) is 53.9 Å². The highest BCUT2D eigenvalue weighted by Gasteiger charge is 2.64. The summed E-state index contributed by atoms with van der Waals surface area (Å²) in [4.78, 5) is 45.4. The van der Waals surface area contributed by atoms with Gasteiger partial charge in [-0.05, 0) is 42.0 Å². The first kappa shape index (κ1) is 26.2. The minimum atomic E-state index is -1.21. The molecule has 2 fully saturated rings. The zero-order valence-electron chi connectivity index (χ0n) is 20.5. The molecular formula is C27H22Cl2N4O4S. The highest BCUT2D eigenvalue weighted by Crippen LogP contribution is 2.47. The largest absolute Gasteiger partial charge is 0.465 e. The third-order valence-corrected chi connectivity index (χ3v) is 8.49. The number of hydrogen-bond donors (Lipinski definition) is 0. The van der Waals surface area contributed by atoms with E-state index in [9.17, 15) is 19.6 Å². The summed E-state index contributed by atoms with van der Waals surface area (Å²) < 4.78 is 4.82. The highest BCUT2D eigenvalue weighted by molar-refractivity contribution is 7.10. The molecule has 3 aromatic rings. The second kappa shape index (κ2) is 10.0. The summed E-state index contributed by atoms with van der Waals surface area (Å²) in [5.41, 5.74) is 0.913. The van der Waals surface area contributed by atoms with Crippen molar-refractivity contribution in [2.45, 2.75) is 18.0 Å². The second-order valence-electron chi connectivity index (χ2n) is 9.28. The van der Waals surface area contributed by atoms with Crippen molar-refractivity contribution in [2.75, 3.05) is 32.1 Å². The molecule has 5 rings (SSSR count). The maximum atomic E-state index is 14.3. The zero-order valence-corrected chi connectivity index (χ0v) is 22.8. The number of likely N-dealkylation sites (N-methyl/N-ethyl adjacent to an activating group) is 1. The first-order valence-electron chi connectivity index (χ1n) is 11.6. The van der Waals surface area contributed by atoms with E-state index in [4.69, 9.17) is 27.9 Å². The van der Waals surface area contributed by atoms with E-state index in [-0.39, 0.29) is 18.4 Å². The van der Waals surface area contributed by atoms with Crippen molar-refractivity contribution in [3.05, 3.63) is 85.5 Å². The van der Waals surface area contributed by atoms with Gasteiger partial charge >= 0.3 is 12.0 Å². The number of urea groups is 1. The van der Waals surface area contributed by atoms with Crippen molar-refractivity contribution in [1.82, 2.24) is 9.80 Å².